The topological polar surface area (TPSA) is 128 Å². The molecule has 2 aromatic rings. The van der Waals surface area contributed by atoms with Crippen LogP contribution in [0.3, 0.4) is 0 Å². The Balaban J connectivity index is 1.80. The van der Waals surface area contributed by atoms with Gasteiger partial charge in [-0.2, -0.15) is 0 Å². The second kappa shape index (κ2) is 10.6. The molecule has 1 amide bonds. The zero-order valence-corrected chi connectivity index (χ0v) is 18.7. The Bertz CT molecular complexity index is 1060. The van der Waals surface area contributed by atoms with Gasteiger partial charge in [-0.15, -0.1) is 0 Å². The third-order valence-corrected chi connectivity index (χ3v) is 5.91. The number of benzene rings is 2. The Kier molecular flexibility index (Phi) is 7.84. The monoisotopic (exact) mass is 461 g/mol. The first-order valence-electron chi connectivity index (χ1n) is 10.4. The van der Waals surface area contributed by atoms with Gasteiger partial charge in [0.05, 0.1) is 35.8 Å². The van der Waals surface area contributed by atoms with Gasteiger partial charge in [-0.1, -0.05) is 13.3 Å². The van der Waals surface area contributed by atoms with E-state index in [9.17, 15) is 18.0 Å². The molecule has 0 unspecified atom stereocenters. The first-order valence-corrected chi connectivity index (χ1v) is 11.9. The molecule has 2 aromatic carbocycles. The van der Waals surface area contributed by atoms with Gasteiger partial charge in [-0.25, -0.2) is 18.4 Å². The fourth-order valence-electron chi connectivity index (χ4n) is 3.23. The SMILES string of the molecule is CCCCOC(=O)c1ccc(NC(=O)c2cc(S(N)(=O)=O)ccc2N2CCOCC2)cc1. The van der Waals surface area contributed by atoms with Crippen molar-refractivity contribution in [2.45, 2.75) is 24.7 Å². The average Bonchev–Trinajstić information content (AvgIpc) is 2.79. The average molecular weight is 462 g/mol. The highest BCUT2D eigenvalue weighted by Gasteiger charge is 2.22. The number of carbonyl (C=O) groups is 2. The van der Waals surface area contributed by atoms with E-state index >= 15 is 0 Å². The van der Waals surface area contributed by atoms with Crippen molar-refractivity contribution in [3.63, 3.8) is 0 Å². The van der Waals surface area contributed by atoms with Gasteiger partial charge in [0, 0.05) is 24.5 Å². The summed E-state index contributed by atoms with van der Waals surface area (Å²) in [6.07, 6.45) is 1.72. The zero-order chi connectivity index (χ0) is 23.1. The van der Waals surface area contributed by atoms with Gasteiger partial charge in [0.1, 0.15) is 0 Å². The maximum absolute atomic E-state index is 13.1. The highest BCUT2D eigenvalue weighted by Crippen LogP contribution is 2.26. The fourth-order valence-corrected chi connectivity index (χ4v) is 3.77. The van der Waals surface area contributed by atoms with Crippen molar-refractivity contribution in [3.05, 3.63) is 53.6 Å². The number of rotatable bonds is 8. The molecule has 1 aliphatic rings. The van der Waals surface area contributed by atoms with Crippen LogP contribution in [0.1, 0.15) is 40.5 Å². The lowest BCUT2D eigenvalue weighted by molar-refractivity contribution is 0.0499. The molecule has 0 atom stereocenters. The summed E-state index contributed by atoms with van der Waals surface area (Å²) in [4.78, 5) is 26.9. The highest BCUT2D eigenvalue weighted by atomic mass is 32.2. The van der Waals surface area contributed by atoms with Crippen molar-refractivity contribution in [3.8, 4) is 0 Å². The number of amides is 1. The van der Waals surface area contributed by atoms with Crippen LogP contribution in [0.5, 0.6) is 0 Å². The maximum atomic E-state index is 13.1. The number of anilines is 2. The van der Waals surface area contributed by atoms with Gasteiger partial charge in [0.15, 0.2) is 0 Å². The van der Waals surface area contributed by atoms with Gasteiger partial charge in [0.2, 0.25) is 10.0 Å². The summed E-state index contributed by atoms with van der Waals surface area (Å²) in [6.45, 7) is 4.53. The number of hydrogen-bond donors (Lipinski definition) is 2. The summed E-state index contributed by atoms with van der Waals surface area (Å²) in [5.74, 6) is -0.915. The van der Waals surface area contributed by atoms with Gasteiger partial charge in [-0.3, -0.25) is 4.79 Å². The number of morpholine rings is 1. The molecule has 10 heteroatoms. The molecular weight excluding hydrogens is 434 g/mol. The molecule has 1 fully saturated rings. The lowest BCUT2D eigenvalue weighted by Crippen LogP contribution is -2.37. The van der Waals surface area contributed by atoms with Crippen molar-refractivity contribution in [1.29, 1.82) is 0 Å². The summed E-state index contributed by atoms with van der Waals surface area (Å²) in [5, 5.41) is 8.01. The summed E-state index contributed by atoms with van der Waals surface area (Å²) in [6, 6.07) is 10.5. The molecule has 0 aromatic heterocycles. The van der Waals surface area contributed by atoms with Crippen LogP contribution in [0, 0.1) is 0 Å². The van der Waals surface area contributed by atoms with Crippen molar-refractivity contribution < 1.29 is 27.5 Å². The molecule has 172 valence electrons. The van der Waals surface area contributed by atoms with Crippen molar-refractivity contribution in [2.24, 2.45) is 5.14 Å². The molecule has 1 aliphatic heterocycles. The van der Waals surface area contributed by atoms with Crippen LogP contribution < -0.4 is 15.4 Å². The largest absolute Gasteiger partial charge is 0.462 e. The third-order valence-electron chi connectivity index (χ3n) is 5.00. The molecule has 0 bridgehead atoms. The Morgan fingerprint density at radius 1 is 1.12 bits per heavy atom. The lowest BCUT2D eigenvalue weighted by Gasteiger charge is -2.30. The van der Waals surface area contributed by atoms with Gasteiger partial charge in [0.25, 0.3) is 5.91 Å². The van der Waals surface area contributed by atoms with E-state index in [1.165, 1.54) is 12.1 Å². The second-order valence-electron chi connectivity index (χ2n) is 7.34. The molecule has 3 rings (SSSR count). The minimum absolute atomic E-state index is 0.148. The van der Waals surface area contributed by atoms with E-state index < -0.39 is 21.9 Å². The Morgan fingerprint density at radius 2 is 1.81 bits per heavy atom. The normalized spacial score (nSPS) is 14.1. The maximum Gasteiger partial charge on any atom is 0.338 e. The number of carbonyl (C=O) groups excluding carboxylic acids is 2. The predicted molar refractivity (Wildman–Crippen MR) is 120 cm³/mol. The number of nitrogens with one attached hydrogen (secondary N) is 1. The van der Waals surface area contributed by atoms with Crippen LogP contribution in [0.4, 0.5) is 11.4 Å². The van der Waals surface area contributed by atoms with Crippen molar-refractivity contribution in [2.75, 3.05) is 43.1 Å². The number of nitrogens with zero attached hydrogens (tertiary/aromatic N) is 1. The molecule has 3 N–H and O–H groups in total. The van der Waals surface area contributed by atoms with E-state index in [0.29, 0.717) is 49.8 Å². The molecule has 0 saturated carbocycles. The van der Waals surface area contributed by atoms with E-state index in [1.54, 1.807) is 30.3 Å². The molecule has 9 nitrogen and oxygen atoms in total. The number of ether oxygens (including phenoxy) is 2. The standard InChI is InChI=1S/C22H27N3O6S/c1-2-3-12-31-22(27)16-4-6-17(7-5-16)24-21(26)19-15-18(32(23,28)29)8-9-20(19)25-10-13-30-14-11-25/h4-9,15H,2-3,10-14H2,1H3,(H,24,26)(H2,23,28,29). The molecular formula is C22H27N3O6S. The lowest BCUT2D eigenvalue weighted by atomic mass is 10.1. The number of nitrogens with two attached hydrogens (primary N) is 1. The van der Waals surface area contributed by atoms with Gasteiger partial charge in [-0.05, 0) is 48.9 Å². The number of primary sulfonamides is 1. The van der Waals surface area contributed by atoms with Crippen LogP contribution >= 0.6 is 0 Å². The van der Waals surface area contributed by atoms with Gasteiger partial charge >= 0.3 is 5.97 Å². The number of unbranched alkanes of at least 4 members (excludes halogenated alkanes) is 1. The number of hydrogen-bond acceptors (Lipinski definition) is 7. The molecule has 1 heterocycles. The summed E-state index contributed by atoms with van der Waals surface area (Å²) in [5.41, 5.74) is 1.61. The van der Waals surface area contributed by atoms with Crippen LogP contribution in [0.25, 0.3) is 0 Å². The minimum Gasteiger partial charge on any atom is -0.462 e. The van der Waals surface area contributed by atoms with Crippen LogP contribution in [-0.2, 0) is 19.5 Å². The summed E-state index contributed by atoms with van der Waals surface area (Å²) < 4.78 is 34.2. The zero-order valence-electron chi connectivity index (χ0n) is 17.9. The first-order chi connectivity index (χ1) is 15.3. The first kappa shape index (κ1) is 23.7. The van der Waals surface area contributed by atoms with Crippen LogP contribution in [0.15, 0.2) is 47.4 Å². The van der Waals surface area contributed by atoms with E-state index in [1.807, 2.05) is 11.8 Å². The third kappa shape index (κ3) is 6.06. The van der Waals surface area contributed by atoms with E-state index in [-0.39, 0.29) is 10.5 Å². The second-order valence-corrected chi connectivity index (χ2v) is 8.91. The molecule has 32 heavy (non-hydrogen) atoms. The molecule has 0 aliphatic carbocycles. The van der Waals surface area contributed by atoms with Crippen LogP contribution in [0.2, 0.25) is 0 Å². The van der Waals surface area contributed by atoms with Crippen LogP contribution in [-0.4, -0.2) is 53.2 Å². The van der Waals surface area contributed by atoms with Gasteiger partial charge < -0.3 is 19.7 Å². The number of sulfonamides is 1. The van der Waals surface area contributed by atoms with E-state index in [2.05, 4.69) is 5.32 Å². The predicted octanol–water partition coefficient (Wildman–Crippen LogP) is 2.38. The quantitative estimate of drug-likeness (QED) is 0.456. The number of esters is 1. The Morgan fingerprint density at radius 3 is 2.44 bits per heavy atom. The Labute approximate surface area is 187 Å². The van der Waals surface area contributed by atoms with E-state index in [0.717, 1.165) is 12.8 Å². The van der Waals surface area contributed by atoms with Crippen molar-refractivity contribution in [1.82, 2.24) is 0 Å². The Hall–Kier alpha value is -2.95. The molecule has 0 radical (unpaired) electrons. The molecule has 0 spiro atoms. The van der Waals surface area contributed by atoms with E-state index in [4.69, 9.17) is 14.6 Å². The summed E-state index contributed by atoms with van der Waals surface area (Å²) in [7, 11) is -3.98. The minimum atomic E-state index is -3.98. The highest BCUT2D eigenvalue weighted by molar-refractivity contribution is 7.89. The smallest absolute Gasteiger partial charge is 0.338 e. The fraction of sp³-hybridized carbons (Fsp3) is 0.364. The molecule has 1 saturated heterocycles. The summed E-state index contributed by atoms with van der Waals surface area (Å²) >= 11 is 0. The van der Waals surface area contributed by atoms with Crippen molar-refractivity contribution >= 4 is 33.3 Å².